The van der Waals surface area contributed by atoms with Crippen LogP contribution in [0, 0.1) is 13.8 Å². The Balaban J connectivity index is 2.13. The third kappa shape index (κ3) is 3.95. The van der Waals surface area contributed by atoms with Crippen LogP contribution >= 0.6 is 0 Å². The lowest BCUT2D eigenvalue weighted by Gasteiger charge is -2.12. The number of aromatic hydroxyl groups is 1. The molecule has 1 amide bonds. The predicted molar refractivity (Wildman–Crippen MR) is 83.4 cm³/mol. The number of rotatable bonds is 4. The molecule has 0 saturated heterocycles. The zero-order valence-corrected chi connectivity index (χ0v) is 12.4. The molecule has 0 bridgehead atoms. The molecule has 2 rings (SSSR count). The Labute approximate surface area is 124 Å². The van der Waals surface area contributed by atoms with Gasteiger partial charge in [-0.3, -0.25) is 9.78 Å². The monoisotopic (exact) mass is 285 g/mol. The largest absolute Gasteiger partial charge is 0.506 e. The number of amides is 1. The van der Waals surface area contributed by atoms with Crippen molar-refractivity contribution < 1.29 is 9.90 Å². The maximum absolute atomic E-state index is 11.2. The molecule has 5 heteroatoms. The van der Waals surface area contributed by atoms with Gasteiger partial charge in [0, 0.05) is 24.0 Å². The van der Waals surface area contributed by atoms with E-state index in [-0.39, 0.29) is 11.7 Å². The number of benzene rings is 1. The Morgan fingerprint density at radius 1 is 1.24 bits per heavy atom. The normalized spacial score (nSPS) is 10.2. The van der Waals surface area contributed by atoms with Gasteiger partial charge < -0.3 is 15.7 Å². The van der Waals surface area contributed by atoms with Crippen molar-refractivity contribution in [3.8, 4) is 5.75 Å². The van der Waals surface area contributed by atoms with Gasteiger partial charge in [0.1, 0.15) is 11.4 Å². The SMILES string of the molecule is CC(=O)Nc1cc(NCc2nc(C)ccc2O)ccc1C. The van der Waals surface area contributed by atoms with Crippen LogP contribution in [0.2, 0.25) is 0 Å². The Morgan fingerprint density at radius 2 is 2.00 bits per heavy atom. The number of nitrogens with zero attached hydrogens (tertiary/aromatic N) is 1. The average molecular weight is 285 g/mol. The summed E-state index contributed by atoms with van der Waals surface area (Å²) in [7, 11) is 0. The Bertz CT molecular complexity index is 669. The topological polar surface area (TPSA) is 74.2 Å². The molecule has 3 N–H and O–H groups in total. The quantitative estimate of drug-likeness (QED) is 0.807. The molecule has 0 unspecified atom stereocenters. The lowest BCUT2D eigenvalue weighted by molar-refractivity contribution is -0.114. The van der Waals surface area contributed by atoms with Gasteiger partial charge in [0.2, 0.25) is 5.91 Å². The fraction of sp³-hybridized carbons (Fsp3) is 0.250. The summed E-state index contributed by atoms with van der Waals surface area (Å²) in [6.45, 7) is 5.71. The molecule has 0 spiro atoms. The average Bonchev–Trinajstić information content (AvgIpc) is 2.42. The highest BCUT2D eigenvalue weighted by Crippen LogP contribution is 2.22. The van der Waals surface area contributed by atoms with Crippen LogP contribution < -0.4 is 10.6 Å². The van der Waals surface area contributed by atoms with Gasteiger partial charge in [-0.1, -0.05) is 6.07 Å². The molecule has 0 atom stereocenters. The minimum Gasteiger partial charge on any atom is -0.506 e. The van der Waals surface area contributed by atoms with E-state index in [2.05, 4.69) is 15.6 Å². The number of hydrogen-bond donors (Lipinski definition) is 3. The van der Waals surface area contributed by atoms with Gasteiger partial charge in [0.25, 0.3) is 0 Å². The van der Waals surface area contributed by atoms with Crippen molar-refractivity contribution in [1.82, 2.24) is 4.98 Å². The maximum atomic E-state index is 11.2. The fourth-order valence-corrected chi connectivity index (χ4v) is 1.98. The standard InChI is InChI=1S/C16H19N3O2/c1-10-4-6-13(8-14(10)19-12(3)20)17-9-15-16(21)7-5-11(2)18-15/h4-8,17,21H,9H2,1-3H3,(H,19,20). The molecule has 110 valence electrons. The highest BCUT2D eigenvalue weighted by Gasteiger charge is 2.05. The van der Waals surface area contributed by atoms with Crippen LogP contribution in [-0.2, 0) is 11.3 Å². The summed E-state index contributed by atoms with van der Waals surface area (Å²) in [5.41, 5.74) is 4.07. The van der Waals surface area contributed by atoms with Crippen LogP contribution in [0.3, 0.4) is 0 Å². The zero-order chi connectivity index (χ0) is 15.4. The van der Waals surface area contributed by atoms with E-state index in [1.54, 1.807) is 12.1 Å². The number of pyridine rings is 1. The number of carbonyl (C=O) groups is 1. The van der Waals surface area contributed by atoms with Crippen molar-refractivity contribution in [3.63, 3.8) is 0 Å². The van der Waals surface area contributed by atoms with E-state index in [9.17, 15) is 9.90 Å². The number of aromatic nitrogens is 1. The maximum Gasteiger partial charge on any atom is 0.221 e. The first-order valence-electron chi connectivity index (χ1n) is 6.73. The van der Waals surface area contributed by atoms with Crippen molar-refractivity contribution in [2.24, 2.45) is 0 Å². The van der Waals surface area contributed by atoms with E-state index >= 15 is 0 Å². The smallest absolute Gasteiger partial charge is 0.221 e. The molecule has 0 saturated carbocycles. The molecule has 0 fully saturated rings. The molecule has 0 aliphatic rings. The van der Waals surface area contributed by atoms with E-state index in [1.807, 2.05) is 32.0 Å². The molecule has 1 aromatic carbocycles. The molecule has 0 aliphatic carbocycles. The molecule has 2 aromatic rings. The van der Waals surface area contributed by atoms with Crippen LogP contribution in [0.4, 0.5) is 11.4 Å². The molecule has 0 aliphatic heterocycles. The number of hydrogen-bond acceptors (Lipinski definition) is 4. The van der Waals surface area contributed by atoms with Gasteiger partial charge in [0.15, 0.2) is 0 Å². The van der Waals surface area contributed by atoms with Crippen molar-refractivity contribution in [3.05, 3.63) is 47.3 Å². The first-order chi connectivity index (χ1) is 9.95. The van der Waals surface area contributed by atoms with Crippen molar-refractivity contribution in [2.45, 2.75) is 27.3 Å². The summed E-state index contributed by atoms with van der Waals surface area (Å²) in [4.78, 5) is 15.5. The van der Waals surface area contributed by atoms with Crippen molar-refractivity contribution in [1.29, 1.82) is 0 Å². The number of nitrogens with one attached hydrogen (secondary N) is 2. The Hall–Kier alpha value is -2.56. The van der Waals surface area contributed by atoms with Gasteiger partial charge in [-0.25, -0.2) is 0 Å². The summed E-state index contributed by atoms with van der Waals surface area (Å²) in [6, 6.07) is 9.12. The molecule has 21 heavy (non-hydrogen) atoms. The van der Waals surface area contributed by atoms with E-state index < -0.39 is 0 Å². The van der Waals surface area contributed by atoms with Gasteiger partial charge in [-0.2, -0.15) is 0 Å². The van der Waals surface area contributed by atoms with E-state index in [4.69, 9.17) is 0 Å². The summed E-state index contributed by atoms with van der Waals surface area (Å²) in [6.07, 6.45) is 0. The van der Waals surface area contributed by atoms with Gasteiger partial charge in [-0.15, -0.1) is 0 Å². The van der Waals surface area contributed by atoms with Crippen LogP contribution in [0.1, 0.15) is 23.9 Å². The summed E-state index contributed by atoms with van der Waals surface area (Å²) < 4.78 is 0. The second kappa shape index (κ2) is 6.26. The van der Waals surface area contributed by atoms with Crippen LogP contribution in [0.15, 0.2) is 30.3 Å². The lowest BCUT2D eigenvalue weighted by Crippen LogP contribution is -2.08. The summed E-state index contributed by atoms with van der Waals surface area (Å²) in [5, 5.41) is 15.8. The predicted octanol–water partition coefficient (Wildman–Crippen LogP) is 2.97. The molecular formula is C16H19N3O2. The minimum absolute atomic E-state index is 0.103. The molecular weight excluding hydrogens is 266 g/mol. The molecule has 1 aromatic heterocycles. The van der Waals surface area contributed by atoms with Gasteiger partial charge in [0.05, 0.1) is 6.54 Å². The zero-order valence-electron chi connectivity index (χ0n) is 12.4. The summed E-state index contributed by atoms with van der Waals surface area (Å²) in [5.74, 6) is 0.0653. The lowest BCUT2D eigenvalue weighted by atomic mass is 10.1. The summed E-state index contributed by atoms with van der Waals surface area (Å²) >= 11 is 0. The third-order valence-corrected chi connectivity index (χ3v) is 3.10. The second-order valence-corrected chi connectivity index (χ2v) is 4.98. The highest BCUT2D eigenvalue weighted by molar-refractivity contribution is 5.90. The van der Waals surface area contributed by atoms with Crippen molar-refractivity contribution in [2.75, 3.05) is 10.6 Å². The van der Waals surface area contributed by atoms with Crippen LogP contribution in [0.25, 0.3) is 0 Å². The van der Waals surface area contributed by atoms with Crippen molar-refractivity contribution >= 4 is 17.3 Å². The van der Waals surface area contributed by atoms with E-state index in [0.717, 1.165) is 22.6 Å². The van der Waals surface area contributed by atoms with Crippen LogP contribution in [0.5, 0.6) is 5.75 Å². The highest BCUT2D eigenvalue weighted by atomic mass is 16.3. The van der Waals surface area contributed by atoms with E-state index in [0.29, 0.717) is 12.2 Å². The first kappa shape index (κ1) is 14.8. The van der Waals surface area contributed by atoms with E-state index in [1.165, 1.54) is 6.92 Å². The van der Waals surface area contributed by atoms with Gasteiger partial charge >= 0.3 is 0 Å². The Kier molecular flexibility index (Phi) is 4.42. The van der Waals surface area contributed by atoms with Gasteiger partial charge in [-0.05, 0) is 43.7 Å². The number of aryl methyl sites for hydroxylation is 2. The molecule has 0 radical (unpaired) electrons. The minimum atomic E-state index is -0.103. The molecule has 1 heterocycles. The van der Waals surface area contributed by atoms with Crippen LogP contribution in [-0.4, -0.2) is 16.0 Å². The number of anilines is 2. The fourth-order valence-electron chi connectivity index (χ4n) is 1.98. The second-order valence-electron chi connectivity index (χ2n) is 4.98. The molecule has 5 nitrogen and oxygen atoms in total. The third-order valence-electron chi connectivity index (χ3n) is 3.10. The Morgan fingerprint density at radius 3 is 2.71 bits per heavy atom. The first-order valence-corrected chi connectivity index (χ1v) is 6.73. The number of carbonyl (C=O) groups excluding carboxylic acids is 1.